The lowest BCUT2D eigenvalue weighted by Crippen LogP contribution is -2.41. The van der Waals surface area contributed by atoms with Crippen molar-refractivity contribution in [2.24, 2.45) is 0 Å². The van der Waals surface area contributed by atoms with Crippen LogP contribution in [0.1, 0.15) is 18.2 Å². The van der Waals surface area contributed by atoms with Crippen LogP contribution in [0.25, 0.3) is 0 Å². The van der Waals surface area contributed by atoms with Crippen molar-refractivity contribution < 1.29 is 9.90 Å². The topological polar surface area (TPSA) is 68.7 Å². The molecule has 0 spiro atoms. The molecule has 0 fully saturated rings. The molecule has 21 heavy (non-hydrogen) atoms. The summed E-state index contributed by atoms with van der Waals surface area (Å²) in [7, 11) is 3.99. The number of carbonyl (C=O) groups excluding carboxylic acids is 1. The first kappa shape index (κ1) is 17.6. The van der Waals surface area contributed by atoms with Crippen molar-refractivity contribution in [1.82, 2.24) is 20.1 Å². The third kappa shape index (κ3) is 6.66. The van der Waals surface area contributed by atoms with Crippen molar-refractivity contribution in [2.45, 2.75) is 20.1 Å². The molecule has 0 aromatic carbocycles. The zero-order valence-corrected chi connectivity index (χ0v) is 13.2. The molecular weight excluding hydrogens is 268 g/mol. The Balaban J connectivity index is 2.37. The molecule has 0 aliphatic heterocycles. The van der Waals surface area contributed by atoms with Crippen LogP contribution in [0.4, 0.5) is 0 Å². The van der Waals surface area contributed by atoms with Crippen molar-refractivity contribution in [3.05, 3.63) is 29.6 Å². The van der Waals surface area contributed by atoms with Gasteiger partial charge in [0.2, 0.25) is 5.91 Å². The maximum Gasteiger partial charge on any atom is 0.236 e. The number of aliphatic hydroxyl groups excluding tert-OH is 1. The van der Waals surface area contributed by atoms with Crippen LogP contribution in [0.2, 0.25) is 0 Å². The average Bonchev–Trinajstić information content (AvgIpc) is 2.48. The molecule has 0 aliphatic rings. The van der Waals surface area contributed by atoms with E-state index in [-0.39, 0.29) is 12.5 Å². The summed E-state index contributed by atoms with van der Waals surface area (Å²) >= 11 is 0. The van der Waals surface area contributed by atoms with Crippen molar-refractivity contribution in [3.8, 4) is 0 Å². The molecule has 1 rings (SSSR count). The standard InChI is InChI=1S/C15H26N4O2/c1-4-19(8-7-18(2)3)15(21)11-16-10-14-9-13(12-20)5-6-17-14/h5-6,9,16,20H,4,7-8,10-12H2,1-3H3. The molecule has 0 saturated heterocycles. The Morgan fingerprint density at radius 1 is 1.38 bits per heavy atom. The molecule has 6 nitrogen and oxygen atoms in total. The molecule has 0 saturated carbocycles. The van der Waals surface area contributed by atoms with Crippen LogP contribution in [0.5, 0.6) is 0 Å². The highest BCUT2D eigenvalue weighted by atomic mass is 16.3. The van der Waals surface area contributed by atoms with Crippen molar-refractivity contribution >= 4 is 5.91 Å². The van der Waals surface area contributed by atoms with Gasteiger partial charge in [-0.05, 0) is 38.7 Å². The number of carbonyl (C=O) groups is 1. The van der Waals surface area contributed by atoms with E-state index < -0.39 is 0 Å². The Morgan fingerprint density at radius 2 is 2.14 bits per heavy atom. The van der Waals surface area contributed by atoms with Gasteiger partial charge in [-0.15, -0.1) is 0 Å². The predicted octanol–water partition coefficient (Wildman–Crippen LogP) is 0.0736. The molecule has 0 atom stereocenters. The molecule has 1 amide bonds. The van der Waals surface area contributed by atoms with Gasteiger partial charge in [0, 0.05) is 32.4 Å². The Kier molecular flexibility index (Phi) is 7.89. The van der Waals surface area contributed by atoms with E-state index in [9.17, 15) is 4.79 Å². The van der Waals surface area contributed by atoms with Gasteiger partial charge in [-0.3, -0.25) is 9.78 Å². The lowest BCUT2D eigenvalue weighted by molar-refractivity contribution is -0.130. The molecule has 1 aromatic rings. The van der Waals surface area contributed by atoms with Crippen molar-refractivity contribution in [3.63, 3.8) is 0 Å². The first-order valence-electron chi connectivity index (χ1n) is 7.24. The second kappa shape index (κ2) is 9.44. The first-order valence-corrected chi connectivity index (χ1v) is 7.24. The smallest absolute Gasteiger partial charge is 0.236 e. The van der Waals surface area contributed by atoms with Crippen LogP contribution in [0.15, 0.2) is 18.3 Å². The van der Waals surface area contributed by atoms with E-state index in [0.29, 0.717) is 19.6 Å². The number of likely N-dealkylation sites (N-methyl/N-ethyl adjacent to an activating group) is 2. The Labute approximate surface area is 126 Å². The third-order valence-corrected chi connectivity index (χ3v) is 3.20. The van der Waals surface area contributed by atoms with Crippen molar-refractivity contribution in [1.29, 1.82) is 0 Å². The number of nitrogens with zero attached hydrogens (tertiary/aromatic N) is 3. The highest BCUT2D eigenvalue weighted by Crippen LogP contribution is 2.01. The highest BCUT2D eigenvalue weighted by Gasteiger charge is 2.11. The quantitative estimate of drug-likeness (QED) is 0.675. The number of pyridine rings is 1. The summed E-state index contributed by atoms with van der Waals surface area (Å²) in [5.74, 6) is 0.0951. The molecule has 0 unspecified atom stereocenters. The number of nitrogens with one attached hydrogen (secondary N) is 1. The van der Waals surface area contributed by atoms with Gasteiger partial charge in [0.1, 0.15) is 0 Å². The zero-order chi connectivity index (χ0) is 15.7. The van der Waals surface area contributed by atoms with E-state index in [1.165, 1.54) is 0 Å². The molecule has 0 radical (unpaired) electrons. The maximum atomic E-state index is 12.1. The number of rotatable bonds is 9. The van der Waals surface area contributed by atoms with Gasteiger partial charge in [-0.25, -0.2) is 0 Å². The fraction of sp³-hybridized carbons (Fsp3) is 0.600. The van der Waals surface area contributed by atoms with Crippen molar-refractivity contribution in [2.75, 3.05) is 40.3 Å². The SMILES string of the molecule is CCN(CCN(C)C)C(=O)CNCc1cc(CO)ccn1. The van der Waals surface area contributed by atoms with Gasteiger partial charge < -0.3 is 20.2 Å². The largest absolute Gasteiger partial charge is 0.392 e. The van der Waals surface area contributed by atoms with E-state index in [1.807, 2.05) is 32.0 Å². The van der Waals surface area contributed by atoms with Crippen LogP contribution in [0.3, 0.4) is 0 Å². The molecule has 0 aliphatic carbocycles. The summed E-state index contributed by atoms with van der Waals surface area (Å²) in [5, 5.41) is 12.2. The monoisotopic (exact) mass is 294 g/mol. The van der Waals surface area contributed by atoms with Gasteiger partial charge in [-0.1, -0.05) is 0 Å². The number of aliphatic hydroxyl groups is 1. The average molecular weight is 294 g/mol. The summed E-state index contributed by atoms with van der Waals surface area (Å²) in [6.45, 7) is 5.12. The maximum absolute atomic E-state index is 12.1. The molecule has 1 aromatic heterocycles. The van der Waals surface area contributed by atoms with Gasteiger partial charge in [-0.2, -0.15) is 0 Å². The molecule has 0 bridgehead atoms. The Morgan fingerprint density at radius 3 is 2.76 bits per heavy atom. The summed E-state index contributed by atoms with van der Waals surface area (Å²) < 4.78 is 0. The van der Waals surface area contributed by atoms with Gasteiger partial charge in [0.05, 0.1) is 18.8 Å². The Bertz CT molecular complexity index is 437. The second-order valence-electron chi connectivity index (χ2n) is 5.19. The van der Waals surface area contributed by atoms with Crippen LogP contribution in [-0.2, 0) is 17.9 Å². The lowest BCUT2D eigenvalue weighted by atomic mass is 10.2. The van der Waals surface area contributed by atoms with Crippen LogP contribution >= 0.6 is 0 Å². The minimum Gasteiger partial charge on any atom is -0.392 e. The van der Waals surface area contributed by atoms with E-state index in [0.717, 1.165) is 24.3 Å². The minimum atomic E-state index is 0.00258. The lowest BCUT2D eigenvalue weighted by Gasteiger charge is -2.23. The summed E-state index contributed by atoms with van der Waals surface area (Å²) in [4.78, 5) is 20.2. The molecule has 118 valence electrons. The molecular formula is C15H26N4O2. The highest BCUT2D eigenvalue weighted by molar-refractivity contribution is 5.78. The van der Waals surface area contributed by atoms with E-state index >= 15 is 0 Å². The first-order chi connectivity index (χ1) is 10.1. The molecule has 2 N–H and O–H groups in total. The normalized spacial score (nSPS) is 10.9. The summed E-state index contributed by atoms with van der Waals surface area (Å²) in [6, 6.07) is 3.61. The predicted molar refractivity (Wildman–Crippen MR) is 82.7 cm³/mol. The van der Waals surface area contributed by atoms with Gasteiger partial charge in [0.15, 0.2) is 0 Å². The van der Waals surface area contributed by atoms with Crippen LogP contribution in [-0.4, -0.2) is 66.1 Å². The number of amides is 1. The van der Waals surface area contributed by atoms with Gasteiger partial charge in [0.25, 0.3) is 0 Å². The third-order valence-electron chi connectivity index (χ3n) is 3.20. The van der Waals surface area contributed by atoms with E-state index in [4.69, 9.17) is 5.11 Å². The molecule has 6 heteroatoms. The molecule has 1 heterocycles. The Hall–Kier alpha value is -1.50. The van der Waals surface area contributed by atoms with E-state index in [1.54, 1.807) is 12.3 Å². The van der Waals surface area contributed by atoms with Crippen LogP contribution < -0.4 is 5.32 Å². The zero-order valence-electron chi connectivity index (χ0n) is 13.2. The van der Waals surface area contributed by atoms with Crippen LogP contribution in [0, 0.1) is 0 Å². The summed E-state index contributed by atoms with van der Waals surface area (Å²) in [6.07, 6.45) is 1.67. The second-order valence-corrected chi connectivity index (χ2v) is 5.19. The summed E-state index contributed by atoms with van der Waals surface area (Å²) in [5.41, 5.74) is 1.65. The number of hydrogen-bond donors (Lipinski definition) is 2. The van der Waals surface area contributed by atoms with E-state index in [2.05, 4.69) is 15.2 Å². The van der Waals surface area contributed by atoms with Gasteiger partial charge >= 0.3 is 0 Å². The number of aromatic nitrogens is 1. The number of hydrogen-bond acceptors (Lipinski definition) is 5. The fourth-order valence-corrected chi connectivity index (χ4v) is 1.91. The fourth-order valence-electron chi connectivity index (χ4n) is 1.91. The minimum absolute atomic E-state index is 0.00258.